The molecule has 1 atom stereocenters. The highest BCUT2D eigenvalue weighted by molar-refractivity contribution is 6.14. The van der Waals surface area contributed by atoms with E-state index in [0.717, 1.165) is 12.8 Å². The molecular weight excluding hydrogens is 371 g/mol. The normalized spacial score (nSPS) is 15.0. The molecule has 0 bridgehead atoms. The summed E-state index contributed by atoms with van der Waals surface area (Å²) in [5.41, 5.74) is 2.69. The zero-order valence-corrected chi connectivity index (χ0v) is 16.3. The standard InChI is InChI=1S/C21H23FN6O/c1-11(12-4-3-5-12)27-21(29)15-9-25-20-19(15)28-17(10-26-20)18(23)14-7-6-13(22)8-16(14)24-2/h6-12,23-24H,3-5H2,1-2H3,(H,25,26)(H,27,29). The minimum atomic E-state index is -0.391. The van der Waals surface area contributed by atoms with Gasteiger partial charge in [-0.2, -0.15) is 0 Å². The van der Waals surface area contributed by atoms with E-state index in [-0.39, 0.29) is 17.7 Å². The Morgan fingerprint density at radius 3 is 2.83 bits per heavy atom. The Labute approximate surface area is 167 Å². The van der Waals surface area contributed by atoms with Crippen LogP contribution in [-0.2, 0) is 0 Å². The molecule has 29 heavy (non-hydrogen) atoms. The number of nitrogens with one attached hydrogen (secondary N) is 4. The third-order valence-corrected chi connectivity index (χ3v) is 5.62. The lowest BCUT2D eigenvalue weighted by Crippen LogP contribution is -2.40. The molecule has 0 radical (unpaired) electrons. The number of rotatable bonds is 6. The summed E-state index contributed by atoms with van der Waals surface area (Å²) >= 11 is 0. The van der Waals surface area contributed by atoms with Crippen molar-refractivity contribution in [2.24, 2.45) is 5.92 Å². The lowest BCUT2D eigenvalue weighted by molar-refractivity contribution is 0.0911. The predicted molar refractivity (Wildman–Crippen MR) is 110 cm³/mol. The predicted octanol–water partition coefficient (Wildman–Crippen LogP) is 3.47. The van der Waals surface area contributed by atoms with Gasteiger partial charge in [0.1, 0.15) is 17.0 Å². The van der Waals surface area contributed by atoms with E-state index in [2.05, 4.69) is 25.6 Å². The van der Waals surface area contributed by atoms with E-state index >= 15 is 0 Å². The number of amides is 1. The number of halogens is 1. The van der Waals surface area contributed by atoms with Crippen LogP contribution >= 0.6 is 0 Å². The second-order valence-electron chi connectivity index (χ2n) is 7.42. The second kappa shape index (κ2) is 7.62. The molecule has 1 saturated carbocycles. The lowest BCUT2D eigenvalue weighted by atomic mass is 9.80. The number of H-pyrrole nitrogens is 1. The van der Waals surface area contributed by atoms with Gasteiger partial charge in [0.2, 0.25) is 0 Å². The first-order valence-corrected chi connectivity index (χ1v) is 9.69. The van der Waals surface area contributed by atoms with Crippen LogP contribution in [0.25, 0.3) is 11.2 Å². The van der Waals surface area contributed by atoms with Crippen LogP contribution in [0.2, 0.25) is 0 Å². The van der Waals surface area contributed by atoms with E-state index in [1.807, 2.05) is 6.92 Å². The minimum Gasteiger partial charge on any atom is -0.387 e. The van der Waals surface area contributed by atoms with Crippen LogP contribution in [0, 0.1) is 17.1 Å². The molecule has 4 rings (SSSR count). The van der Waals surface area contributed by atoms with E-state index in [1.54, 1.807) is 13.2 Å². The van der Waals surface area contributed by atoms with Crippen molar-refractivity contribution >= 4 is 28.5 Å². The average Bonchev–Trinajstić information content (AvgIpc) is 3.09. The summed E-state index contributed by atoms with van der Waals surface area (Å²) in [6.45, 7) is 2.02. The van der Waals surface area contributed by atoms with Crippen molar-refractivity contribution in [2.45, 2.75) is 32.2 Å². The minimum absolute atomic E-state index is 0.0964. The molecule has 7 nitrogen and oxygen atoms in total. The Morgan fingerprint density at radius 2 is 2.14 bits per heavy atom. The highest BCUT2D eigenvalue weighted by atomic mass is 19.1. The SMILES string of the molecule is CNc1cc(F)ccc1C(=N)c1cnc2[nH]cc(C(=O)NC(C)C3CCC3)c2n1. The van der Waals surface area contributed by atoms with Crippen molar-refractivity contribution in [3.8, 4) is 0 Å². The number of carbonyl (C=O) groups excluding carboxylic acids is 1. The lowest BCUT2D eigenvalue weighted by Gasteiger charge is -2.31. The summed E-state index contributed by atoms with van der Waals surface area (Å²) < 4.78 is 13.5. The van der Waals surface area contributed by atoms with Gasteiger partial charge in [0, 0.05) is 30.5 Å². The Balaban J connectivity index is 1.64. The summed E-state index contributed by atoms with van der Waals surface area (Å²) in [6, 6.07) is 4.26. The van der Waals surface area contributed by atoms with Gasteiger partial charge in [0.05, 0.1) is 17.5 Å². The van der Waals surface area contributed by atoms with Gasteiger partial charge in [-0.3, -0.25) is 10.2 Å². The number of aromatic nitrogens is 3. The second-order valence-corrected chi connectivity index (χ2v) is 7.42. The summed E-state index contributed by atoms with van der Waals surface area (Å²) in [5.74, 6) is -0.0682. The van der Waals surface area contributed by atoms with Crippen LogP contribution in [0.3, 0.4) is 0 Å². The van der Waals surface area contributed by atoms with Gasteiger partial charge in [-0.05, 0) is 43.9 Å². The van der Waals surface area contributed by atoms with Crippen LogP contribution < -0.4 is 10.6 Å². The van der Waals surface area contributed by atoms with E-state index in [1.165, 1.54) is 30.8 Å². The number of nitrogens with zero attached hydrogens (tertiary/aromatic N) is 2. The molecule has 2 heterocycles. The van der Waals surface area contributed by atoms with Gasteiger partial charge in [-0.25, -0.2) is 14.4 Å². The molecule has 1 unspecified atom stereocenters. The third kappa shape index (κ3) is 3.57. The molecule has 8 heteroatoms. The molecule has 150 valence electrons. The topological polar surface area (TPSA) is 107 Å². The van der Waals surface area contributed by atoms with Gasteiger partial charge in [0.15, 0.2) is 5.65 Å². The third-order valence-electron chi connectivity index (χ3n) is 5.62. The van der Waals surface area contributed by atoms with Crippen LogP contribution in [0.4, 0.5) is 10.1 Å². The molecular formula is C21H23FN6O. The van der Waals surface area contributed by atoms with Crippen molar-refractivity contribution < 1.29 is 9.18 Å². The zero-order chi connectivity index (χ0) is 20.5. The molecule has 4 N–H and O–H groups in total. The number of benzene rings is 1. The molecule has 3 aromatic rings. The number of hydrogen-bond donors (Lipinski definition) is 4. The Kier molecular flexibility index (Phi) is 5.00. The maximum absolute atomic E-state index is 13.5. The first-order chi connectivity index (χ1) is 14.0. The maximum atomic E-state index is 13.5. The fourth-order valence-electron chi connectivity index (χ4n) is 3.61. The van der Waals surface area contributed by atoms with Crippen molar-refractivity contribution in [2.75, 3.05) is 12.4 Å². The summed E-state index contributed by atoms with van der Waals surface area (Å²) in [5, 5.41) is 14.5. The van der Waals surface area contributed by atoms with E-state index in [0.29, 0.717) is 39.6 Å². The largest absolute Gasteiger partial charge is 0.387 e. The summed E-state index contributed by atoms with van der Waals surface area (Å²) in [7, 11) is 1.66. The molecule has 1 amide bonds. The highest BCUT2D eigenvalue weighted by Crippen LogP contribution is 2.29. The average molecular weight is 394 g/mol. The summed E-state index contributed by atoms with van der Waals surface area (Å²) in [6.07, 6.45) is 6.57. The fourth-order valence-corrected chi connectivity index (χ4v) is 3.61. The first-order valence-electron chi connectivity index (χ1n) is 9.69. The first kappa shape index (κ1) is 19.0. The van der Waals surface area contributed by atoms with Gasteiger partial charge in [-0.1, -0.05) is 6.42 Å². The molecule has 1 fully saturated rings. The van der Waals surface area contributed by atoms with Crippen LogP contribution in [0.5, 0.6) is 0 Å². The van der Waals surface area contributed by atoms with Crippen LogP contribution in [0.15, 0.2) is 30.6 Å². The molecule has 0 saturated heterocycles. The van der Waals surface area contributed by atoms with Gasteiger partial charge in [-0.15, -0.1) is 0 Å². The van der Waals surface area contributed by atoms with Crippen molar-refractivity contribution in [1.82, 2.24) is 20.3 Å². The maximum Gasteiger partial charge on any atom is 0.255 e. The quantitative estimate of drug-likeness (QED) is 0.480. The highest BCUT2D eigenvalue weighted by Gasteiger charge is 2.26. The fraction of sp³-hybridized carbons (Fsp3) is 0.333. The Hall–Kier alpha value is -3.29. The molecule has 0 aliphatic heterocycles. The van der Waals surface area contributed by atoms with Crippen molar-refractivity contribution in [3.05, 3.63) is 53.2 Å². The molecule has 1 aliphatic rings. The number of carbonyl (C=O) groups is 1. The van der Waals surface area contributed by atoms with E-state index < -0.39 is 5.82 Å². The zero-order valence-electron chi connectivity index (χ0n) is 16.3. The smallest absolute Gasteiger partial charge is 0.255 e. The van der Waals surface area contributed by atoms with E-state index in [9.17, 15) is 9.18 Å². The Bertz CT molecular complexity index is 1090. The summed E-state index contributed by atoms with van der Waals surface area (Å²) in [4.78, 5) is 24.6. The molecule has 2 aromatic heterocycles. The Morgan fingerprint density at radius 1 is 1.34 bits per heavy atom. The van der Waals surface area contributed by atoms with E-state index in [4.69, 9.17) is 5.41 Å². The van der Waals surface area contributed by atoms with Gasteiger partial charge >= 0.3 is 0 Å². The number of fused-ring (bicyclic) bond motifs is 1. The number of anilines is 1. The molecule has 1 aromatic carbocycles. The van der Waals surface area contributed by atoms with Crippen LogP contribution in [0.1, 0.15) is 47.8 Å². The van der Waals surface area contributed by atoms with Gasteiger partial charge in [0.25, 0.3) is 5.91 Å². The number of aromatic amines is 1. The van der Waals surface area contributed by atoms with Crippen molar-refractivity contribution in [3.63, 3.8) is 0 Å². The molecule has 0 spiro atoms. The van der Waals surface area contributed by atoms with Crippen LogP contribution in [-0.4, -0.2) is 39.7 Å². The monoisotopic (exact) mass is 394 g/mol. The van der Waals surface area contributed by atoms with Gasteiger partial charge < -0.3 is 15.6 Å². The number of hydrogen-bond acceptors (Lipinski definition) is 5. The molecule has 1 aliphatic carbocycles. The van der Waals surface area contributed by atoms with Crippen molar-refractivity contribution in [1.29, 1.82) is 5.41 Å².